The van der Waals surface area contributed by atoms with Gasteiger partial charge in [-0.2, -0.15) is 0 Å². The minimum absolute atomic E-state index is 0.631. The third kappa shape index (κ3) is 1.87. The molecule has 0 saturated carbocycles. The van der Waals surface area contributed by atoms with Gasteiger partial charge in [-0.15, -0.1) is 6.58 Å². The van der Waals surface area contributed by atoms with Gasteiger partial charge in [-0.25, -0.2) is 0 Å². The number of rotatable bonds is 3. The molecule has 0 bridgehead atoms. The van der Waals surface area contributed by atoms with Gasteiger partial charge in [-0.3, -0.25) is 0 Å². The second kappa shape index (κ2) is 3.40. The van der Waals surface area contributed by atoms with Gasteiger partial charge in [-0.1, -0.05) is 36.8 Å². The number of hydrogen-bond acceptors (Lipinski definition) is 0. The summed E-state index contributed by atoms with van der Waals surface area (Å²) in [6.45, 7) is 5.96. The maximum Gasteiger partial charge on any atom is -0.0132 e. The lowest BCUT2D eigenvalue weighted by Gasteiger charge is -2.04. The quantitative estimate of drug-likeness (QED) is 0.520. The first-order valence-electron chi connectivity index (χ1n) is 3.80. The lowest BCUT2D eigenvalue weighted by Crippen LogP contribution is -1.90. The van der Waals surface area contributed by atoms with Crippen LogP contribution in [-0.4, -0.2) is 0 Å². The minimum atomic E-state index is 0.631. The normalized spacial score (nSPS) is 18.7. The summed E-state index contributed by atoms with van der Waals surface area (Å²) < 4.78 is 0. The van der Waals surface area contributed by atoms with Crippen molar-refractivity contribution >= 4 is 0 Å². The van der Waals surface area contributed by atoms with Crippen LogP contribution in [0.15, 0.2) is 36.5 Å². The zero-order chi connectivity index (χ0) is 7.40. The average molecular weight is 134 g/mol. The van der Waals surface area contributed by atoms with Crippen LogP contribution in [-0.2, 0) is 0 Å². The Morgan fingerprint density at radius 3 is 3.10 bits per heavy atom. The monoisotopic (exact) mass is 134 g/mol. The van der Waals surface area contributed by atoms with Crippen molar-refractivity contribution < 1.29 is 0 Å². The van der Waals surface area contributed by atoms with Crippen LogP contribution < -0.4 is 0 Å². The molecule has 1 atom stereocenters. The molecule has 0 N–H and O–H groups in total. The predicted octanol–water partition coefficient (Wildman–Crippen LogP) is 3.08. The Morgan fingerprint density at radius 1 is 1.80 bits per heavy atom. The van der Waals surface area contributed by atoms with Crippen molar-refractivity contribution in [3.8, 4) is 0 Å². The van der Waals surface area contributed by atoms with Crippen molar-refractivity contribution in [1.29, 1.82) is 0 Å². The van der Waals surface area contributed by atoms with E-state index < -0.39 is 0 Å². The summed E-state index contributed by atoms with van der Waals surface area (Å²) >= 11 is 0. The molecule has 0 amide bonds. The fourth-order valence-corrected chi connectivity index (χ4v) is 1.14. The Bertz CT molecular complexity index is 172. The Morgan fingerprint density at radius 2 is 2.60 bits per heavy atom. The van der Waals surface area contributed by atoms with Gasteiger partial charge in [0.2, 0.25) is 0 Å². The minimum Gasteiger partial charge on any atom is -0.103 e. The Hall–Kier alpha value is -0.780. The van der Waals surface area contributed by atoms with E-state index in [-0.39, 0.29) is 0 Å². The maximum atomic E-state index is 3.76. The first kappa shape index (κ1) is 7.33. The molecule has 1 aliphatic carbocycles. The largest absolute Gasteiger partial charge is 0.103 e. The molecule has 1 aliphatic rings. The molecule has 0 radical (unpaired) electrons. The van der Waals surface area contributed by atoms with E-state index in [1.165, 1.54) is 12.0 Å². The molecule has 10 heavy (non-hydrogen) atoms. The maximum absolute atomic E-state index is 3.76. The Kier molecular flexibility index (Phi) is 2.49. The fourth-order valence-electron chi connectivity index (χ4n) is 1.14. The lowest BCUT2D eigenvalue weighted by atomic mass is 10.0. The van der Waals surface area contributed by atoms with Gasteiger partial charge < -0.3 is 0 Å². The van der Waals surface area contributed by atoms with E-state index in [4.69, 9.17) is 0 Å². The standard InChI is InChI=1S/C10H14/c1-3-9(2)8-10-6-4-5-7-10/h3-6,9H,1,7-8H2,2H3. The third-order valence-corrected chi connectivity index (χ3v) is 1.83. The summed E-state index contributed by atoms with van der Waals surface area (Å²) in [4.78, 5) is 0. The highest BCUT2D eigenvalue weighted by Crippen LogP contribution is 2.19. The summed E-state index contributed by atoms with van der Waals surface area (Å²) in [6, 6.07) is 0. The van der Waals surface area contributed by atoms with E-state index in [0.717, 1.165) is 6.42 Å². The van der Waals surface area contributed by atoms with Crippen LogP contribution in [0.5, 0.6) is 0 Å². The predicted molar refractivity (Wildman–Crippen MR) is 45.8 cm³/mol. The Balaban J connectivity index is 2.32. The molecule has 0 saturated heterocycles. The van der Waals surface area contributed by atoms with Crippen molar-refractivity contribution in [1.82, 2.24) is 0 Å². The molecule has 1 unspecified atom stereocenters. The average Bonchev–Trinajstić information content (AvgIpc) is 2.40. The van der Waals surface area contributed by atoms with Gasteiger partial charge in [-0.05, 0) is 18.8 Å². The van der Waals surface area contributed by atoms with Crippen LogP contribution in [0, 0.1) is 5.92 Å². The number of allylic oxidation sites excluding steroid dienone is 5. The van der Waals surface area contributed by atoms with E-state index in [0.29, 0.717) is 5.92 Å². The van der Waals surface area contributed by atoms with Crippen molar-refractivity contribution in [3.05, 3.63) is 36.5 Å². The van der Waals surface area contributed by atoms with Crippen LogP contribution >= 0.6 is 0 Å². The summed E-state index contributed by atoms with van der Waals surface area (Å²) in [5.41, 5.74) is 1.53. The highest BCUT2D eigenvalue weighted by atomic mass is 14.1. The molecule has 0 aliphatic heterocycles. The molecule has 0 aromatic carbocycles. The first-order chi connectivity index (χ1) is 4.83. The summed E-state index contributed by atoms with van der Waals surface area (Å²) in [6.07, 6.45) is 10.9. The third-order valence-electron chi connectivity index (χ3n) is 1.83. The van der Waals surface area contributed by atoms with Crippen molar-refractivity contribution in [2.75, 3.05) is 0 Å². The zero-order valence-electron chi connectivity index (χ0n) is 6.51. The molecular weight excluding hydrogens is 120 g/mol. The van der Waals surface area contributed by atoms with Gasteiger partial charge in [0, 0.05) is 0 Å². The van der Waals surface area contributed by atoms with Crippen molar-refractivity contribution in [2.24, 2.45) is 5.92 Å². The smallest absolute Gasteiger partial charge is 0.0132 e. The molecule has 0 heteroatoms. The van der Waals surface area contributed by atoms with Gasteiger partial charge in [0.25, 0.3) is 0 Å². The lowest BCUT2D eigenvalue weighted by molar-refractivity contribution is 0.711. The van der Waals surface area contributed by atoms with Crippen LogP contribution in [0.3, 0.4) is 0 Å². The molecule has 0 nitrogen and oxygen atoms in total. The van der Waals surface area contributed by atoms with Crippen LogP contribution in [0.1, 0.15) is 19.8 Å². The van der Waals surface area contributed by atoms with E-state index in [1.54, 1.807) is 0 Å². The highest BCUT2D eigenvalue weighted by molar-refractivity contribution is 5.23. The molecule has 0 heterocycles. The van der Waals surface area contributed by atoms with E-state index in [1.807, 2.05) is 6.08 Å². The Labute approximate surface area is 62.9 Å². The van der Waals surface area contributed by atoms with Crippen molar-refractivity contribution in [2.45, 2.75) is 19.8 Å². The topological polar surface area (TPSA) is 0 Å². The van der Waals surface area contributed by atoms with E-state index in [9.17, 15) is 0 Å². The van der Waals surface area contributed by atoms with Gasteiger partial charge >= 0.3 is 0 Å². The summed E-state index contributed by atoms with van der Waals surface area (Å²) in [5.74, 6) is 0.631. The highest BCUT2D eigenvalue weighted by Gasteiger charge is 2.02. The molecule has 0 aromatic rings. The second-order valence-corrected chi connectivity index (χ2v) is 2.87. The van der Waals surface area contributed by atoms with Gasteiger partial charge in [0.15, 0.2) is 0 Å². The van der Waals surface area contributed by atoms with E-state index >= 15 is 0 Å². The van der Waals surface area contributed by atoms with Crippen LogP contribution in [0.25, 0.3) is 0 Å². The number of hydrogen-bond donors (Lipinski definition) is 0. The molecule has 0 spiro atoms. The zero-order valence-corrected chi connectivity index (χ0v) is 6.51. The first-order valence-corrected chi connectivity index (χ1v) is 3.80. The van der Waals surface area contributed by atoms with Crippen molar-refractivity contribution in [3.63, 3.8) is 0 Å². The molecule has 0 aromatic heterocycles. The van der Waals surface area contributed by atoms with Crippen LogP contribution in [0.2, 0.25) is 0 Å². The molecule has 54 valence electrons. The van der Waals surface area contributed by atoms with Gasteiger partial charge in [0.05, 0.1) is 0 Å². The summed E-state index contributed by atoms with van der Waals surface area (Å²) in [5, 5.41) is 0. The molecule has 1 rings (SSSR count). The van der Waals surface area contributed by atoms with Gasteiger partial charge in [0.1, 0.15) is 0 Å². The molecule has 0 fully saturated rings. The van der Waals surface area contributed by atoms with E-state index in [2.05, 4.69) is 31.7 Å². The summed E-state index contributed by atoms with van der Waals surface area (Å²) in [7, 11) is 0. The SMILES string of the molecule is C=CC(C)CC1=CC=CC1. The van der Waals surface area contributed by atoms with Crippen LogP contribution in [0.4, 0.5) is 0 Å². The second-order valence-electron chi connectivity index (χ2n) is 2.87. The fraction of sp³-hybridized carbons (Fsp3) is 0.400. The molecular formula is C10H14.